The molecule has 0 unspecified atom stereocenters. The highest BCUT2D eigenvalue weighted by atomic mass is 32.2. The summed E-state index contributed by atoms with van der Waals surface area (Å²) >= 11 is 1.79. The van der Waals surface area contributed by atoms with Gasteiger partial charge in [0.1, 0.15) is 5.03 Å². The van der Waals surface area contributed by atoms with Gasteiger partial charge in [-0.05, 0) is 80.4 Å². The van der Waals surface area contributed by atoms with Crippen LogP contribution in [0.5, 0.6) is 0 Å². The van der Waals surface area contributed by atoms with Crippen molar-refractivity contribution in [1.29, 1.82) is 0 Å². The topological polar surface area (TPSA) is 49.8 Å². The van der Waals surface area contributed by atoms with Gasteiger partial charge in [-0.15, -0.1) is 0 Å². The standard InChI is InChI=1S/C24H28N4S/c1-2-6-19-15-20(10-9-18(19)5-1)29-23-21-7-3-4-8-22(21)27-24(28-23)26-16-17-11-13-25-14-12-17/h1-2,5-6,9-10,15,17,25H,3-4,7-8,11-14,16H2,(H,26,27,28). The predicted molar refractivity (Wildman–Crippen MR) is 121 cm³/mol. The average molecular weight is 405 g/mol. The summed E-state index contributed by atoms with van der Waals surface area (Å²) in [6, 6.07) is 15.2. The van der Waals surface area contributed by atoms with E-state index in [1.807, 2.05) is 0 Å². The van der Waals surface area contributed by atoms with E-state index in [-0.39, 0.29) is 0 Å². The molecular weight excluding hydrogens is 376 g/mol. The summed E-state index contributed by atoms with van der Waals surface area (Å²) in [5, 5.41) is 10.7. The quantitative estimate of drug-likeness (QED) is 0.581. The number of aromatic nitrogens is 2. The molecule has 1 aromatic heterocycles. The second-order valence-electron chi connectivity index (χ2n) is 8.17. The van der Waals surface area contributed by atoms with Gasteiger partial charge in [0.2, 0.25) is 5.95 Å². The maximum absolute atomic E-state index is 4.97. The Bertz CT molecular complexity index is 997. The molecule has 150 valence electrons. The number of benzene rings is 2. The average Bonchev–Trinajstić information content (AvgIpc) is 2.78. The molecular formula is C24H28N4S. The van der Waals surface area contributed by atoms with Crippen LogP contribution < -0.4 is 10.6 Å². The molecule has 2 N–H and O–H groups in total. The van der Waals surface area contributed by atoms with Gasteiger partial charge in [0, 0.05) is 17.0 Å². The van der Waals surface area contributed by atoms with Crippen LogP contribution in [0, 0.1) is 5.92 Å². The molecule has 4 nitrogen and oxygen atoms in total. The number of hydrogen-bond donors (Lipinski definition) is 2. The van der Waals surface area contributed by atoms with E-state index < -0.39 is 0 Å². The first-order chi connectivity index (χ1) is 14.3. The molecule has 1 fully saturated rings. The van der Waals surface area contributed by atoms with E-state index in [0.29, 0.717) is 5.92 Å². The molecule has 0 amide bonds. The normalized spacial score (nSPS) is 17.2. The van der Waals surface area contributed by atoms with Crippen LogP contribution in [0.15, 0.2) is 52.4 Å². The van der Waals surface area contributed by atoms with Crippen LogP contribution >= 0.6 is 11.8 Å². The Morgan fingerprint density at radius 3 is 2.69 bits per heavy atom. The molecule has 0 spiro atoms. The smallest absolute Gasteiger partial charge is 0.224 e. The van der Waals surface area contributed by atoms with Crippen LogP contribution in [0.1, 0.15) is 36.9 Å². The van der Waals surface area contributed by atoms with E-state index in [1.165, 1.54) is 52.6 Å². The molecule has 0 atom stereocenters. The van der Waals surface area contributed by atoms with E-state index in [0.717, 1.165) is 43.5 Å². The molecule has 1 aliphatic carbocycles. The van der Waals surface area contributed by atoms with Gasteiger partial charge in [-0.2, -0.15) is 0 Å². The SMILES string of the molecule is c1ccc2cc(Sc3nc(NCC4CCNCC4)nc4c3CCCC4)ccc2c1. The highest BCUT2D eigenvalue weighted by molar-refractivity contribution is 7.99. The van der Waals surface area contributed by atoms with Crippen LogP contribution in [0.2, 0.25) is 0 Å². The first kappa shape index (κ1) is 18.9. The van der Waals surface area contributed by atoms with E-state index in [1.54, 1.807) is 11.8 Å². The van der Waals surface area contributed by atoms with E-state index in [2.05, 4.69) is 53.1 Å². The number of hydrogen-bond acceptors (Lipinski definition) is 5. The summed E-state index contributed by atoms with van der Waals surface area (Å²) in [6.45, 7) is 3.22. The molecule has 2 aliphatic rings. The first-order valence-electron chi connectivity index (χ1n) is 10.9. The maximum Gasteiger partial charge on any atom is 0.224 e. The van der Waals surface area contributed by atoms with Crippen molar-refractivity contribution < 1.29 is 0 Å². The summed E-state index contributed by atoms with van der Waals surface area (Å²) in [7, 11) is 0. The van der Waals surface area contributed by atoms with E-state index in [4.69, 9.17) is 9.97 Å². The number of rotatable bonds is 5. The summed E-state index contributed by atoms with van der Waals surface area (Å²) in [4.78, 5) is 11.1. The first-order valence-corrected chi connectivity index (χ1v) is 11.7. The van der Waals surface area contributed by atoms with Gasteiger partial charge in [-0.1, -0.05) is 42.1 Å². The van der Waals surface area contributed by atoms with Gasteiger partial charge >= 0.3 is 0 Å². The largest absolute Gasteiger partial charge is 0.354 e. The number of nitrogens with one attached hydrogen (secondary N) is 2. The van der Waals surface area contributed by atoms with Crippen molar-refractivity contribution in [2.75, 3.05) is 25.0 Å². The third-order valence-electron chi connectivity index (χ3n) is 6.09. The number of piperidine rings is 1. The second-order valence-corrected chi connectivity index (χ2v) is 9.23. The zero-order valence-corrected chi connectivity index (χ0v) is 17.6. The van der Waals surface area contributed by atoms with Crippen LogP contribution in [-0.4, -0.2) is 29.6 Å². The molecule has 1 saturated heterocycles. The Balaban J connectivity index is 1.40. The lowest BCUT2D eigenvalue weighted by Gasteiger charge is -2.24. The Kier molecular flexibility index (Phi) is 5.68. The van der Waals surface area contributed by atoms with Crippen molar-refractivity contribution in [2.45, 2.75) is 48.4 Å². The number of anilines is 1. The fraction of sp³-hybridized carbons (Fsp3) is 0.417. The zero-order valence-electron chi connectivity index (χ0n) is 16.8. The van der Waals surface area contributed by atoms with Crippen LogP contribution in [0.4, 0.5) is 5.95 Å². The summed E-state index contributed by atoms with van der Waals surface area (Å²) in [6.07, 6.45) is 7.11. The van der Waals surface area contributed by atoms with Crippen molar-refractivity contribution in [3.05, 3.63) is 53.7 Å². The molecule has 0 radical (unpaired) electrons. The van der Waals surface area contributed by atoms with Crippen molar-refractivity contribution in [2.24, 2.45) is 5.92 Å². The molecule has 2 heterocycles. The molecule has 2 aromatic carbocycles. The fourth-order valence-electron chi connectivity index (χ4n) is 4.39. The van der Waals surface area contributed by atoms with Crippen LogP contribution in [0.3, 0.4) is 0 Å². The second kappa shape index (κ2) is 8.72. The Morgan fingerprint density at radius 2 is 1.79 bits per heavy atom. The Morgan fingerprint density at radius 1 is 0.966 bits per heavy atom. The lowest BCUT2D eigenvalue weighted by molar-refractivity contribution is 0.389. The highest BCUT2D eigenvalue weighted by Gasteiger charge is 2.20. The minimum Gasteiger partial charge on any atom is -0.354 e. The fourth-order valence-corrected chi connectivity index (χ4v) is 5.41. The van der Waals surface area contributed by atoms with Crippen molar-refractivity contribution in [3.8, 4) is 0 Å². The highest BCUT2D eigenvalue weighted by Crippen LogP contribution is 2.35. The summed E-state index contributed by atoms with van der Waals surface area (Å²) < 4.78 is 0. The van der Waals surface area contributed by atoms with Gasteiger partial charge in [0.05, 0.1) is 5.69 Å². The van der Waals surface area contributed by atoms with Gasteiger partial charge in [-0.3, -0.25) is 0 Å². The molecule has 29 heavy (non-hydrogen) atoms. The van der Waals surface area contributed by atoms with Gasteiger partial charge in [-0.25, -0.2) is 9.97 Å². The number of aryl methyl sites for hydroxylation is 1. The Labute approximate surface area is 176 Å². The van der Waals surface area contributed by atoms with Crippen LogP contribution in [-0.2, 0) is 12.8 Å². The summed E-state index contributed by atoms with van der Waals surface area (Å²) in [5.74, 6) is 1.53. The van der Waals surface area contributed by atoms with Crippen LogP contribution in [0.25, 0.3) is 10.8 Å². The Hall–Kier alpha value is -2.11. The predicted octanol–water partition coefficient (Wildman–Crippen LogP) is 5.07. The van der Waals surface area contributed by atoms with Crippen molar-refractivity contribution >= 4 is 28.5 Å². The maximum atomic E-state index is 4.97. The number of fused-ring (bicyclic) bond motifs is 2. The minimum atomic E-state index is 0.715. The molecule has 0 saturated carbocycles. The number of nitrogens with zero attached hydrogens (tertiary/aromatic N) is 2. The zero-order chi connectivity index (χ0) is 19.5. The van der Waals surface area contributed by atoms with Gasteiger partial charge < -0.3 is 10.6 Å². The molecule has 3 aromatic rings. The monoisotopic (exact) mass is 404 g/mol. The molecule has 5 heteroatoms. The minimum absolute atomic E-state index is 0.715. The molecule has 1 aliphatic heterocycles. The van der Waals surface area contributed by atoms with E-state index >= 15 is 0 Å². The molecule has 0 bridgehead atoms. The van der Waals surface area contributed by atoms with Crippen molar-refractivity contribution in [1.82, 2.24) is 15.3 Å². The van der Waals surface area contributed by atoms with Gasteiger partial charge in [0.25, 0.3) is 0 Å². The lowest BCUT2D eigenvalue weighted by Crippen LogP contribution is -2.31. The van der Waals surface area contributed by atoms with E-state index in [9.17, 15) is 0 Å². The third-order valence-corrected chi connectivity index (χ3v) is 7.11. The summed E-state index contributed by atoms with van der Waals surface area (Å²) in [5.41, 5.74) is 2.61. The van der Waals surface area contributed by atoms with Gasteiger partial charge in [0.15, 0.2) is 0 Å². The van der Waals surface area contributed by atoms with Crippen molar-refractivity contribution in [3.63, 3.8) is 0 Å². The third kappa shape index (κ3) is 4.41. The lowest BCUT2D eigenvalue weighted by atomic mass is 9.97. The molecule has 5 rings (SSSR count).